The SMILES string of the molecule is O=C(COc1ccc(C(=O)O)cc1)NCCC(=O)N1Cc2ccccc2-c2nnn(CCOc3ccc(C(=O)O)cc3)c2-c2ccccc21. The van der Waals surface area contributed by atoms with Crippen molar-refractivity contribution >= 4 is 29.4 Å². The predicted molar refractivity (Wildman–Crippen MR) is 178 cm³/mol. The molecule has 1 aromatic heterocycles. The fourth-order valence-corrected chi connectivity index (χ4v) is 5.48. The second kappa shape index (κ2) is 14.5. The summed E-state index contributed by atoms with van der Waals surface area (Å²) in [5.74, 6) is -1.84. The van der Waals surface area contributed by atoms with Crippen LogP contribution in [0, 0.1) is 0 Å². The quantitative estimate of drug-likeness (QED) is 0.173. The summed E-state index contributed by atoms with van der Waals surface area (Å²) in [5.41, 5.74) is 4.79. The number of ether oxygens (including phenoxy) is 2. The predicted octanol–water partition coefficient (Wildman–Crippen LogP) is 4.52. The normalized spacial score (nSPS) is 11.6. The van der Waals surface area contributed by atoms with Gasteiger partial charge in [0.05, 0.1) is 35.6 Å². The van der Waals surface area contributed by atoms with E-state index in [1.807, 2.05) is 48.5 Å². The monoisotopic (exact) mass is 661 g/mol. The van der Waals surface area contributed by atoms with Gasteiger partial charge in [-0.1, -0.05) is 47.7 Å². The van der Waals surface area contributed by atoms with Gasteiger partial charge in [-0.3, -0.25) is 9.59 Å². The molecule has 49 heavy (non-hydrogen) atoms. The fraction of sp³-hybridized carbons (Fsp3) is 0.167. The van der Waals surface area contributed by atoms with E-state index in [-0.39, 0.29) is 49.8 Å². The number of amides is 2. The number of carbonyl (C=O) groups excluding carboxylic acids is 2. The van der Waals surface area contributed by atoms with E-state index in [1.54, 1.807) is 21.7 Å². The van der Waals surface area contributed by atoms with Gasteiger partial charge < -0.3 is 29.9 Å². The first-order chi connectivity index (χ1) is 23.8. The molecular weight excluding hydrogens is 630 g/mol. The Morgan fingerprint density at radius 2 is 1.37 bits per heavy atom. The van der Waals surface area contributed by atoms with Gasteiger partial charge in [0.25, 0.3) is 5.91 Å². The summed E-state index contributed by atoms with van der Waals surface area (Å²) in [5, 5.41) is 29.9. The molecule has 2 heterocycles. The van der Waals surface area contributed by atoms with Gasteiger partial charge in [0.15, 0.2) is 6.61 Å². The summed E-state index contributed by atoms with van der Waals surface area (Å²) in [7, 11) is 0. The number of carboxylic acids is 2. The Balaban J connectivity index is 1.17. The molecular formula is C36H31N5O8. The average molecular weight is 662 g/mol. The van der Waals surface area contributed by atoms with Crippen LogP contribution in [-0.2, 0) is 22.7 Å². The number of carboxylic acid groups (broad SMARTS) is 2. The van der Waals surface area contributed by atoms with Gasteiger partial charge in [0, 0.05) is 24.1 Å². The highest BCUT2D eigenvalue weighted by atomic mass is 16.5. The molecule has 0 saturated carbocycles. The van der Waals surface area contributed by atoms with E-state index < -0.39 is 17.8 Å². The molecule has 13 heteroatoms. The number of rotatable bonds is 12. The minimum absolute atomic E-state index is 0.0222. The molecule has 5 aromatic rings. The number of anilines is 1. The maximum absolute atomic E-state index is 13.8. The molecule has 248 valence electrons. The van der Waals surface area contributed by atoms with Crippen molar-refractivity contribution in [3.8, 4) is 34.0 Å². The highest BCUT2D eigenvalue weighted by molar-refractivity contribution is 6.00. The fourth-order valence-electron chi connectivity index (χ4n) is 5.48. The first-order valence-corrected chi connectivity index (χ1v) is 15.4. The van der Waals surface area contributed by atoms with Crippen molar-refractivity contribution in [2.24, 2.45) is 0 Å². The van der Waals surface area contributed by atoms with Gasteiger partial charge in [-0.2, -0.15) is 0 Å². The van der Waals surface area contributed by atoms with Crippen molar-refractivity contribution in [1.29, 1.82) is 0 Å². The molecule has 4 aromatic carbocycles. The summed E-state index contributed by atoms with van der Waals surface area (Å²) in [4.78, 5) is 50.2. The van der Waals surface area contributed by atoms with Crippen LogP contribution in [0.25, 0.3) is 22.5 Å². The molecule has 0 saturated heterocycles. The molecule has 0 fully saturated rings. The number of hydrogen-bond donors (Lipinski definition) is 3. The van der Waals surface area contributed by atoms with Gasteiger partial charge in [-0.25, -0.2) is 14.3 Å². The van der Waals surface area contributed by atoms with E-state index in [4.69, 9.17) is 19.7 Å². The Morgan fingerprint density at radius 1 is 0.755 bits per heavy atom. The smallest absolute Gasteiger partial charge is 0.335 e. The lowest BCUT2D eigenvalue weighted by Gasteiger charge is -2.29. The van der Waals surface area contributed by atoms with Crippen molar-refractivity contribution in [1.82, 2.24) is 20.3 Å². The van der Waals surface area contributed by atoms with E-state index in [0.29, 0.717) is 35.1 Å². The van der Waals surface area contributed by atoms with Crippen LogP contribution in [0.2, 0.25) is 0 Å². The maximum Gasteiger partial charge on any atom is 0.335 e. The van der Waals surface area contributed by atoms with E-state index >= 15 is 0 Å². The third-order valence-electron chi connectivity index (χ3n) is 7.89. The Morgan fingerprint density at radius 3 is 2.04 bits per heavy atom. The zero-order valence-electron chi connectivity index (χ0n) is 26.1. The number of nitrogens with one attached hydrogen (secondary N) is 1. The summed E-state index contributed by atoms with van der Waals surface area (Å²) in [6, 6.07) is 27.1. The van der Waals surface area contributed by atoms with Crippen LogP contribution in [0.5, 0.6) is 11.5 Å². The Kier molecular flexibility index (Phi) is 9.60. The largest absolute Gasteiger partial charge is 0.492 e. The molecule has 0 bridgehead atoms. The first-order valence-electron chi connectivity index (χ1n) is 15.4. The Labute approximate surface area is 280 Å². The van der Waals surface area contributed by atoms with Gasteiger partial charge in [-0.05, 0) is 60.2 Å². The van der Waals surface area contributed by atoms with Crippen molar-refractivity contribution in [2.45, 2.75) is 19.5 Å². The number of benzene rings is 4. The third kappa shape index (κ3) is 7.41. The second-order valence-electron chi connectivity index (χ2n) is 11.1. The summed E-state index contributed by atoms with van der Waals surface area (Å²) in [6.07, 6.45) is 0.0222. The van der Waals surface area contributed by atoms with E-state index in [9.17, 15) is 19.2 Å². The lowest BCUT2D eigenvalue weighted by Crippen LogP contribution is -2.36. The summed E-state index contributed by atoms with van der Waals surface area (Å²) < 4.78 is 13.1. The number of carbonyl (C=O) groups is 4. The maximum atomic E-state index is 13.8. The topological polar surface area (TPSA) is 173 Å². The molecule has 6 rings (SSSR count). The summed E-state index contributed by atoms with van der Waals surface area (Å²) >= 11 is 0. The third-order valence-corrected chi connectivity index (χ3v) is 7.89. The number of nitrogens with zero attached hydrogens (tertiary/aromatic N) is 4. The number of fused-ring (bicyclic) bond motifs is 5. The molecule has 0 aliphatic carbocycles. The molecule has 2 amide bonds. The van der Waals surface area contributed by atoms with Crippen molar-refractivity contribution < 1.29 is 38.9 Å². The minimum Gasteiger partial charge on any atom is -0.492 e. The van der Waals surface area contributed by atoms with Crippen LogP contribution in [0.3, 0.4) is 0 Å². The molecule has 1 aliphatic heterocycles. The molecule has 1 aliphatic rings. The average Bonchev–Trinajstić information content (AvgIpc) is 3.52. The van der Waals surface area contributed by atoms with Gasteiger partial charge in [0.2, 0.25) is 5.91 Å². The van der Waals surface area contributed by atoms with Crippen LogP contribution in [-0.4, -0.2) is 68.7 Å². The van der Waals surface area contributed by atoms with Crippen molar-refractivity contribution in [2.75, 3.05) is 24.7 Å². The van der Waals surface area contributed by atoms with Crippen LogP contribution in [0.15, 0.2) is 97.1 Å². The standard InChI is InChI=1S/C36H31N5O8/c42-31(22-49-27-15-11-24(12-16-27)36(46)47)37-18-17-32(43)40-21-25-5-1-2-6-28(25)33-34(29-7-3-4-8-30(29)40)41(39-38-33)19-20-48-26-13-9-23(10-14-26)35(44)45/h1-16H,17-22H2,(H,37,42)(H,44,45)(H,46,47). The van der Waals surface area contributed by atoms with Crippen molar-refractivity contribution in [3.05, 3.63) is 114 Å². The first kappa shape index (κ1) is 32.4. The lowest BCUT2D eigenvalue weighted by atomic mass is 9.95. The zero-order chi connectivity index (χ0) is 34.3. The zero-order valence-corrected chi connectivity index (χ0v) is 26.1. The van der Waals surface area contributed by atoms with Crippen LogP contribution < -0.4 is 19.7 Å². The number of para-hydroxylation sites is 1. The van der Waals surface area contributed by atoms with Crippen LogP contribution in [0.4, 0.5) is 5.69 Å². The molecule has 0 unspecified atom stereocenters. The van der Waals surface area contributed by atoms with Crippen molar-refractivity contribution in [3.63, 3.8) is 0 Å². The lowest BCUT2D eigenvalue weighted by molar-refractivity contribution is -0.123. The molecule has 13 nitrogen and oxygen atoms in total. The van der Waals surface area contributed by atoms with Gasteiger partial charge in [0.1, 0.15) is 23.8 Å². The van der Waals surface area contributed by atoms with Crippen LogP contribution >= 0.6 is 0 Å². The van der Waals surface area contributed by atoms with E-state index in [2.05, 4.69) is 15.6 Å². The van der Waals surface area contributed by atoms with E-state index in [1.165, 1.54) is 36.4 Å². The summed E-state index contributed by atoms with van der Waals surface area (Å²) in [6.45, 7) is 0.612. The molecule has 0 atom stereocenters. The van der Waals surface area contributed by atoms with E-state index in [0.717, 1.165) is 16.7 Å². The minimum atomic E-state index is -1.06. The molecule has 0 radical (unpaired) electrons. The molecule has 3 N–H and O–H groups in total. The van der Waals surface area contributed by atoms with Crippen LogP contribution in [0.1, 0.15) is 32.7 Å². The molecule has 0 spiro atoms. The highest BCUT2D eigenvalue weighted by Crippen LogP contribution is 2.41. The van der Waals surface area contributed by atoms with Gasteiger partial charge >= 0.3 is 11.9 Å². The number of hydrogen-bond acceptors (Lipinski definition) is 8. The highest BCUT2D eigenvalue weighted by Gasteiger charge is 2.29. The van der Waals surface area contributed by atoms with Gasteiger partial charge in [-0.15, -0.1) is 5.10 Å². The Hall–Kier alpha value is -6.50. The number of aromatic carboxylic acids is 2. The Bertz CT molecular complexity index is 2010. The second-order valence-corrected chi connectivity index (χ2v) is 11.1. The number of aromatic nitrogens is 3.